The number of nitrogens with one attached hydrogen (secondary N) is 1. The SMILES string of the molecule is CCC(C(=O)OC)(c1ccc(C(F)(F)F)cc1)n1ncc2c(NC(=O)OC(C)(C)C)cc(F)cc21. The fraction of sp³-hybridized carbons (Fsp3) is 0.375. The van der Waals surface area contributed by atoms with Gasteiger partial charge in [-0.1, -0.05) is 19.1 Å². The number of anilines is 1. The normalized spacial score (nSPS) is 13.9. The number of amides is 1. The Morgan fingerprint density at radius 1 is 1.06 bits per heavy atom. The first-order chi connectivity index (χ1) is 16.2. The maximum atomic E-state index is 14.6. The van der Waals surface area contributed by atoms with E-state index in [9.17, 15) is 27.2 Å². The molecule has 7 nitrogen and oxygen atoms in total. The van der Waals surface area contributed by atoms with Crippen LogP contribution < -0.4 is 5.32 Å². The zero-order chi connectivity index (χ0) is 26.2. The molecule has 3 rings (SSSR count). The van der Waals surface area contributed by atoms with Gasteiger partial charge in [-0.15, -0.1) is 0 Å². The molecule has 3 aromatic rings. The third kappa shape index (κ3) is 5.08. The maximum absolute atomic E-state index is 14.6. The second kappa shape index (κ2) is 9.20. The Bertz CT molecular complexity index is 1250. The van der Waals surface area contributed by atoms with E-state index >= 15 is 0 Å². The quantitative estimate of drug-likeness (QED) is 0.354. The summed E-state index contributed by atoms with van der Waals surface area (Å²) in [5.74, 6) is -1.55. The summed E-state index contributed by atoms with van der Waals surface area (Å²) in [7, 11) is 1.14. The van der Waals surface area contributed by atoms with Crippen LogP contribution in [0.2, 0.25) is 0 Å². The van der Waals surface area contributed by atoms with Crippen LogP contribution in [0.1, 0.15) is 45.2 Å². The zero-order valence-corrected chi connectivity index (χ0v) is 19.8. The first-order valence-corrected chi connectivity index (χ1v) is 10.7. The Morgan fingerprint density at radius 2 is 1.66 bits per heavy atom. The molecule has 1 heterocycles. The van der Waals surface area contributed by atoms with Gasteiger partial charge in [0, 0.05) is 5.39 Å². The summed E-state index contributed by atoms with van der Waals surface area (Å²) in [6.07, 6.45) is -4.05. The number of fused-ring (bicyclic) bond motifs is 1. The average Bonchev–Trinajstić information content (AvgIpc) is 3.17. The number of aromatic nitrogens is 2. The third-order valence-corrected chi connectivity index (χ3v) is 5.38. The van der Waals surface area contributed by atoms with E-state index in [0.29, 0.717) is 0 Å². The first-order valence-electron chi connectivity index (χ1n) is 10.7. The van der Waals surface area contributed by atoms with Crippen LogP contribution in [-0.4, -0.2) is 34.6 Å². The minimum atomic E-state index is -4.57. The van der Waals surface area contributed by atoms with E-state index < -0.39 is 40.8 Å². The molecule has 0 aliphatic rings. The van der Waals surface area contributed by atoms with Gasteiger partial charge in [0.1, 0.15) is 11.4 Å². The average molecular weight is 495 g/mol. The Balaban J connectivity index is 2.20. The highest BCUT2D eigenvalue weighted by molar-refractivity contribution is 6.00. The molecule has 1 N–H and O–H groups in total. The van der Waals surface area contributed by atoms with Gasteiger partial charge >= 0.3 is 18.2 Å². The number of carbonyl (C=O) groups is 2. The zero-order valence-electron chi connectivity index (χ0n) is 19.8. The summed E-state index contributed by atoms with van der Waals surface area (Å²) in [5.41, 5.74) is -3.08. The van der Waals surface area contributed by atoms with Crippen LogP contribution >= 0.6 is 0 Å². The van der Waals surface area contributed by atoms with Crippen molar-refractivity contribution in [2.45, 2.75) is 51.4 Å². The number of benzene rings is 2. The van der Waals surface area contributed by atoms with E-state index in [1.54, 1.807) is 27.7 Å². The monoisotopic (exact) mass is 495 g/mol. The van der Waals surface area contributed by atoms with Gasteiger partial charge in [0.05, 0.1) is 30.1 Å². The number of halogens is 4. The lowest BCUT2D eigenvalue weighted by Crippen LogP contribution is -2.44. The topological polar surface area (TPSA) is 82.5 Å². The van der Waals surface area contributed by atoms with Gasteiger partial charge in [-0.25, -0.2) is 18.7 Å². The van der Waals surface area contributed by atoms with Gasteiger partial charge in [-0.05, 0) is 57.0 Å². The van der Waals surface area contributed by atoms with Gasteiger partial charge in [-0.3, -0.25) is 5.32 Å². The number of carbonyl (C=O) groups excluding carboxylic acids is 2. The Morgan fingerprint density at radius 3 is 2.17 bits per heavy atom. The van der Waals surface area contributed by atoms with E-state index in [-0.39, 0.29) is 28.6 Å². The predicted molar refractivity (Wildman–Crippen MR) is 120 cm³/mol. The van der Waals surface area contributed by atoms with E-state index in [4.69, 9.17) is 9.47 Å². The summed E-state index contributed by atoms with van der Waals surface area (Å²) in [5, 5.41) is 7.03. The lowest BCUT2D eigenvalue weighted by atomic mass is 9.86. The first kappa shape index (κ1) is 26.0. The van der Waals surface area contributed by atoms with Crippen LogP contribution in [0.5, 0.6) is 0 Å². The molecule has 0 saturated heterocycles. The second-order valence-corrected chi connectivity index (χ2v) is 8.85. The van der Waals surface area contributed by atoms with Crippen molar-refractivity contribution < 1.29 is 36.6 Å². The molecule has 35 heavy (non-hydrogen) atoms. The van der Waals surface area contributed by atoms with Crippen LogP contribution in [0.15, 0.2) is 42.6 Å². The van der Waals surface area contributed by atoms with Gasteiger partial charge in [0.25, 0.3) is 0 Å². The maximum Gasteiger partial charge on any atom is 0.416 e. The standard InChI is InChI=1S/C24H25F4N3O4/c1-6-23(20(32)34-5,14-7-9-15(10-8-14)24(26,27)28)31-19-12-16(25)11-18(17(19)13-29-31)30-21(33)35-22(2,3)4/h7-13H,6H2,1-5H3,(H,30,33). The number of ether oxygens (including phenoxy) is 2. The lowest BCUT2D eigenvalue weighted by molar-refractivity contribution is -0.149. The molecule has 0 radical (unpaired) electrons. The summed E-state index contributed by atoms with van der Waals surface area (Å²) < 4.78 is 65.4. The fourth-order valence-electron chi connectivity index (χ4n) is 3.84. The molecule has 0 fully saturated rings. The molecule has 0 aliphatic heterocycles. The highest BCUT2D eigenvalue weighted by Crippen LogP contribution is 2.38. The van der Waals surface area contributed by atoms with Gasteiger partial charge in [0.15, 0.2) is 5.54 Å². The van der Waals surface area contributed by atoms with Crippen molar-refractivity contribution in [2.75, 3.05) is 12.4 Å². The Hall–Kier alpha value is -3.63. The highest BCUT2D eigenvalue weighted by Gasteiger charge is 2.44. The highest BCUT2D eigenvalue weighted by atomic mass is 19.4. The van der Waals surface area contributed by atoms with E-state index in [2.05, 4.69) is 10.4 Å². The molecule has 0 bridgehead atoms. The third-order valence-electron chi connectivity index (χ3n) is 5.38. The Kier molecular flexibility index (Phi) is 6.83. The molecular formula is C24H25F4N3O4. The minimum Gasteiger partial charge on any atom is -0.467 e. The van der Waals surface area contributed by atoms with Crippen molar-refractivity contribution in [3.8, 4) is 0 Å². The fourth-order valence-corrected chi connectivity index (χ4v) is 3.84. The molecule has 1 aromatic heterocycles. The number of esters is 1. The summed E-state index contributed by atoms with van der Waals surface area (Å²) in [6.45, 7) is 6.63. The second-order valence-electron chi connectivity index (χ2n) is 8.85. The molecule has 188 valence electrons. The lowest BCUT2D eigenvalue weighted by Gasteiger charge is -2.32. The molecule has 1 amide bonds. The van der Waals surface area contributed by atoms with Crippen LogP contribution in [0.3, 0.4) is 0 Å². The van der Waals surface area contributed by atoms with Crippen LogP contribution in [0.4, 0.5) is 28.0 Å². The summed E-state index contributed by atoms with van der Waals surface area (Å²) in [6, 6.07) is 6.21. The molecule has 0 aliphatic carbocycles. The molecule has 2 aromatic carbocycles. The van der Waals surface area contributed by atoms with Crippen LogP contribution in [-0.2, 0) is 26.0 Å². The number of hydrogen-bond donors (Lipinski definition) is 1. The van der Waals surface area contributed by atoms with Gasteiger partial charge in [-0.2, -0.15) is 18.3 Å². The van der Waals surface area contributed by atoms with Gasteiger partial charge in [0.2, 0.25) is 0 Å². The van der Waals surface area contributed by atoms with E-state index in [1.807, 2.05) is 0 Å². The molecule has 11 heteroatoms. The van der Waals surface area contributed by atoms with Crippen molar-refractivity contribution in [3.05, 3.63) is 59.5 Å². The Labute approximate surface area is 199 Å². The van der Waals surface area contributed by atoms with Crippen molar-refractivity contribution in [2.24, 2.45) is 0 Å². The number of nitrogens with zero attached hydrogens (tertiary/aromatic N) is 2. The summed E-state index contributed by atoms with van der Waals surface area (Å²) >= 11 is 0. The van der Waals surface area contributed by atoms with Crippen molar-refractivity contribution in [1.82, 2.24) is 9.78 Å². The molecule has 1 unspecified atom stereocenters. The largest absolute Gasteiger partial charge is 0.467 e. The summed E-state index contributed by atoms with van der Waals surface area (Å²) in [4.78, 5) is 25.4. The molecule has 1 atom stereocenters. The number of rotatable bonds is 5. The number of alkyl halides is 3. The predicted octanol–water partition coefficient (Wildman–Crippen LogP) is 5.87. The van der Waals surface area contributed by atoms with Crippen molar-refractivity contribution in [3.63, 3.8) is 0 Å². The van der Waals surface area contributed by atoms with Crippen LogP contribution in [0, 0.1) is 5.82 Å². The van der Waals surface area contributed by atoms with E-state index in [1.165, 1.54) is 10.9 Å². The minimum absolute atomic E-state index is 0.0210. The smallest absolute Gasteiger partial charge is 0.416 e. The molecular weight excluding hydrogens is 470 g/mol. The van der Waals surface area contributed by atoms with Crippen molar-refractivity contribution >= 4 is 28.7 Å². The van der Waals surface area contributed by atoms with Gasteiger partial charge < -0.3 is 9.47 Å². The number of hydrogen-bond acceptors (Lipinski definition) is 5. The molecule has 0 spiro atoms. The van der Waals surface area contributed by atoms with Crippen molar-refractivity contribution in [1.29, 1.82) is 0 Å². The van der Waals surface area contributed by atoms with Crippen LogP contribution in [0.25, 0.3) is 10.9 Å². The molecule has 0 saturated carbocycles. The van der Waals surface area contributed by atoms with E-state index in [0.717, 1.165) is 43.5 Å². The number of methoxy groups -OCH3 is 1.